The Balaban J connectivity index is 1.95. The van der Waals surface area contributed by atoms with Crippen molar-refractivity contribution in [3.05, 3.63) is 66.0 Å². The number of amides is 1. The molecule has 1 aromatic heterocycles. The standard InChI is InChI=1S/C16H16N2O4/c19-15(20)10-14(13-6-8-17-9-7-13)18-16(21)22-11-12-4-2-1-3-5-12/h1-9,14H,10-11H2,(H,18,21)(H,19,20)/t14-/m0/s1. The molecule has 0 aliphatic carbocycles. The Bertz CT molecular complexity index is 617. The van der Waals surface area contributed by atoms with Gasteiger partial charge in [-0.3, -0.25) is 9.78 Å². The second-order valence-electron chi connectivity index (χ2n) is 4.64. The smallest absolute Gasteiger partial charge is 0.407 e. The van der Waals surface area contributed by atoms with E-state index < -0.39 is 18.1 Å². The van der Waals surface area contributed by atoms with Crippen molar-refractivity contribution in [3.63, 3.8) is 0 Å². The highest BCUT2D eigenvalue weighted by atomic mass is 16.5. The number of hydrogen-bond acceptors (Lipinski definition) is 4. The third kappa shape index (κ3) is 4.90. The fraction of sp³-hybridized carbons (Fsp3) is 0.188. The second kappa shape index (κ2) is 7.78. The van der Waals surface area contributed by atoms with Gasteiger partial charge in [-0.25, -0.2) is 4.79 Å². The van der Waals surface area contributed by atoms with Gasteiger partial charge in [0.15, 0.2) is 0 Å². The number of carboxylic acid groups (broad SMARTS) is 1. The number of nitrogens with zero attached hydrogens (tertiary/aromatic N) is 1. The van der Waals surface area contributed by atoms with E-state index in [-0.39, 0.29) is 13.0 Å². The number of hydrogen-bond donors (Lipinski definition) is 2. The lowest BCUT2D eigenvalue weighted by Crippen LogP contribution is -2.30. The summed E-state index contributed by atoms with van der Waals surface area (Å²) in [6.07, 6.45) is 2.19. The van der Waals surface area contributed by atoms with Crippen molar-refractivity contribution in [1.29, 1.82) is 0 Å². The molecule has 0 saturated carbocycles. The third-order valence-corrected chi connectivity index (χ3v) is 2.99. The molecule has 0 aliphatic rings. The molecule has 0 unspecified atom stereocenters. The van der Waals surface area contributed by atoms with Gasteiger partial charge in [0, 0.05) is 12.4 Å². The molecule has 22 heavy (non-hydrogen) atoms. The van der Waals surface area contributed by atoms with Gasteiger partial charge >= 0.3 is 12.1 Å². The van der Waals surface area contributed by atoms with E-state index >= 15 is 0 Å². The minimum absolute atomic E-state index is 0.128. The van der Waals surface area contributed by atoms with E-state index in [1.165, 1.54) is 0 Å². The summed E-state index contributed by atoms with van der Waals surface area (Å²) in [5.74, 6) is -1.01. The first-order chi connectivity index (χ1) is 10.6. The molecule has 1 heterocycles. The van der Waals surface area contributed by atoms with Gasteiger partial charge in [-0.1, -0.05) is 30.3 Å². The summed E-state index contributed by atoms with van der Waals surface area (Å²) in [5.41, 5.74) is 1.52. The molecule has 114 valence electrons. The minimum atomic E-state index is -1.01. The summed E-state index contributed by atoms with van der Waals surface area (Å²) in [7, 11) is 0. The Morgan fingerprint density at radius 2 is 1.82 bits per heavy atom. The molecule has 2 aromatic rings. The Hall–Kier alpha value is -2.89. The molecule has 1 aromatic carbocycles. The maximum absolute atomic E-state index is 11.8. The van der Waals surface area contributed by atoms with E-state index in [0.717, 1.165) is 5.56 Å². The Labute approximate surface area is 127 Å². The summed E-state index contributed by atoms with van der Waals surface area (Å²) >= 11 is 0. The molecule has 0 spiro atoms. The van der Waals surface area contributed by atoms with Gasteiger partial charge in [0.25, 0.3) is 0 Å². The predicted octanol–water partition coefficient (Wildman–Crippen LogP) is 2.52. The van der Waals surface area contributed by atoms with E-state index in [9.17, 15) is 9.59 Å². The number of carbonyl (C=O) groups excluding carboxylic acids is 1. The van der Waals surface area contributed by atoms with Gasteiger partial charge < -0.3 is 15.2 Å². The van der Waals surface area contributed by atoms with E-state index in [2.05, 4.69) is 10.3 Å². The van der Waals surface area contributed by atoms with Crippen LogP contribution in [0.3, 0.4) is 0 Å². The first-order valence-corrected chi connectivity index (χ1v) is 6.74. The first-order valence-electron chi connectivity index (χ1n) is 6.74. The highest BCUT2D eigenvalue weighted by molar-refractivity contribution is 5.71. The van der Waals surface area contributed by atoms with Gasteiger partial charge in [-0.05, 0) is 23.3 Å². The number of carboxylic acids is 1. The molecule has 6 nitrogen and oxygen atoms in total. The lowest BCUT2D eigenvalue weighted by atomic mass is 10.1. The molecule has 0 fully saturated rings. The lowest BCUT2D eigenvalue weighted by Gasteiger charge is -2.17. The van der Waals surface area contributed by atoms with Gasteiger partial charge in [0.05, 0.1) is 12.5 Å². The molecule has 0 radical (unpaired) electrons. The third-order valence-electron chi connectivity index (χ3n) is 2.99. The number of rotatable bonds is 6. The molecule has 1 atom stereocenters. The zero-order valence-electron chi connectivity index (χ0n) is 11.8. The average molecular weight is 300 g/mol. The molecule has 1 amide bonds. The molecule has 0 saturated heterocycles. The van der Waals surface area contributed by atoms with Gasteiger partial charge in [-0.2, -0.15) is 0 Å². The fourth-order valence-electron chi connectivity index (χ4n) is 1.93. The SMILES string of the molecule is O=C(O)C[C@H](NC(=O)OCc1ccccc1)c1ccncc1. The topological polar surface area (TPSA) is 88.5 Å². The molecule has 0 aliphatic heterocycles. The highest BCUT2D eigenvalue weighted by Crippen LogP contribution is 2.16. The van der Waals surface area contributed by atoms with Gasteiger partial charge in [0.1, 0.15) is 6.61 Å². The molecule has 2 rings (SSSR count). The fourth-order valence-corrected chi connectivity index (χ4v) is 1.93. The van der Waals surface area contributed by atoms with Crippen molar-refractivity contribution in [2.75, 3.05) is 0 Å². The minimum Gasteiger partial charge on any atom is -0.481 e. The van der Waals surface area contributed by atoms with Crippen molar-refractivity contribution in [2.24, 2.45) is 0 Å². The van der Waals surface area contributed by atoms with Crippen LogP contribution in [0, 0.1) is 0 Å². The van der Waals surface area contributed by atoms with Gasteiger partial charge in [0.2, 0.25) is 0 Å². The van der Waals surface area contributed by atoms with E-state index in [1.54, 1.807) is 24.5 Å². The summed E-state index contributed by atoms with van der Waals surface area (Å²) in [6, 6.07) is 11.9. The molecular weight excluding hydrogens is 284 g/mol. The molecular formula is C16H16N2O4. The number of aliphatic carboxylic acids is 1. The van der Waals surface area contributed by atoms with Crippen LogP contribution in [0.1, 0.15) is 23.6 Å². The average Bonchev–Trinajstić information content (AvgIpc) is 2.54. The number of benzene rings is 1. The number of ether oxygens (including phenoxy) is 1. The van der Waals surface area contributed by atoms with Crippen LogP contribution in [0.15, 0.2) is 54.9 Å². The van der Waals surface area contributed by atoms with Crippen molar-refractivity contribution < 1.29 is 19.4 Å². The van der Waals surface area contributed by atoms with Crippen LogP contribution in [0.25, 0.3) is 0 Å². The first kappa shape index (κ1) is 15.5. The molecule has 0 bridgehead atoms. The second-order valence-corrected chi connectivity index (χ2v) is 4.64. The molecule has 6 heteroatoms. The van der Waals surface area contributed by atoms with Crippen molar-refractivity contribution >= 4 is 12.1 Å². The normalized spacial score (nSPS) is 11.5. The Morgan fingerprint density at radius 1 is 1.14 bits per heavy atom. The number of aromatic nitrogens is 1. The Morgan fingerprint density at radius 3 is 2.45 bits per heavy atom. The Kier molecular flexibility index (Phi) is 5.48. The van der Waals surface area contributed by atoms with Crippen molar-refractivity contribution in [1.82, 2.24) is 10.3 Å². The maximum atomic E-state index is 11.8. The van der Waals surface area contributed by atoms with Crippen molar-refractivity contribution in [2.45, 2.75) is 19.1 Å². The maximum Gasteiger partial charge on any atom is 0.407 e. The zero-order valence-corrected chi connectivity index (χ0v) is 11.8. The van der Waals surface area contributed by atoms with Crippen LogP contribution < -0.4 is 5.32 Å². The van der Waals surface area contributed by atoms with E-state index in [1.807, 2.05) is 30.3 Å². The van der Waals surface area contributed by atoms with E-state index in [4.69, 9.17) is 9.84 Å². The number of pyridine rings is 1. The van der Waals surface area contributed by atoms with Gasteiger partial charge in [-0.15, -0.1) is 0 Å². The summed E-state index contributed by atoms with van der Waals surface area (Å²) in [5, 5.41) is 11.5. The summed E-state index contributed by atoms with van der Waals surface area (Å²) < 4.78 is 5.10. The number of carbonyl (C=O) groups is 2. The van der Waals surface area contributed by atoms with E-state index in [0.29, 0.717) is 5.56 Å². The predicted molar refractivity (Wildman–Crippen MR) is 79.0 cm³/mol. The zero-order chi connectivity index (χ0) is 15.8. The van der Waals surface area contributed by atoms with Crippen LogP contribution >= 0.6 is 0 Å². The van der Waals surface area contributed by atoms with Crippen LogP contribution in [-0.4, -0.2) is 22.2 Å². The van der Waals surface area contributed by atoms with Crippen molar-refractivity contribution in [3.8, 4) is 0 Å². The van der Waals surface area contributed by atoms with Crippen LogP contribution in [-0.2, 0) is 16.1 Å². The van der Waals surface area contributed by atoms with Crippen LogP contribution in [0.5, 0.6) is 0 Å². The van der Waals surface area contributed by atoms with Crippen LogP contribution in [0.2, 0.25) is 0 Å². The monoisotopic (exact) mass is 300 g/mol. The lowest BCUT2D eigenvalue weighted by molar-refractivity contribution is -0.137. The molecule has 2 N–H and O–H groups in total. The largest absolute Gasteiger partial charge is 0.481 e. The highest BCUT2D eigenvalue weighted by Gasteiger charge is 2.18. The quantitative estimate of drug-likeness (QED) is 0.855. The van der Waals surface area contributed by atoms with Crippen LogP contribution in [0.4, 0.5) is 4.79 Å². The summed E-state index contributed by atoms with van der Waals surface area (Å²) in [4.78, 5) is 26.6. The number of nitrogens with one attached hydrogen (secondary N) is 1. The number of alkyl carbamates (subject to hydrolysis) is 1. The summed E-state index contributed by atoms with van der Waals surface area (Å²) in [6.45, 7) is 0.128.